The van der Waals surface area contributed by atoms with Gasteiger partial charge in [-0.2, -0.15) is 0 Å². The molecule has 0 saturated carbocycles. The van der Waals surface area contributed by atoms with Crippen LogP contribution in [0.1, 0.15) is 13.8 Å². The Hall–Kier alpha value is -3.92. The Bertz CT molecular complexity index is 1050. The van der Waals surface area contributed by atoms with E-state index in [1.54, 1.807) is 0 Å². The smallest absolute Gasteiger partial charge is 0.119 e. The Morgan fingerprint density at radius 1 is 0.500 bits per heavy atom. The van der Waals surface area contributed by atoms with E-state index in [0.29, 0.717) is 13.2 Å². The van der Waals surface area contributed by atoms with E-state index in [1.807, 2.05) is 68.4 Å². The van der Waals surface area contributed by atoms with Crippen LogP contribution < -0.4 is 20.1 Å². The van der Waals surface area contributed by atoms with Crippen molar-refractivity contribution in [2.45, 2.75) is 13.8 Å². The zero-order chi connectivity index (χ0) is 22.2. The van der Waals surface area contributed by atoms with Crippen LogP contribution >= 0.6 is 0 Å². The molecule has 4 aromatic rings. The molecule has 4 aromatic carbocycles. The standard InChI is InChI=1S/C28H28N2O2/c1-3-31-27-14-10-23(11-15-27)29-25-18-22(21-8-6-5-7-9-21)19-26(20-25)30-24-12-16-28(17-13-24)32-4-2/h5-20,29-30H,3-4H2,1-2H3. The lowest BCUT2D eigenvalue weighted by Gasteiger charge is -2.14. The number of hydrogen-bond donors (Lipinski definition) is 2. The number of anilines is 4. The molecular formula is C28H28N2O2. The van der Waals surface area contributed by atoms with E-state index in [9.17, 15) is 0 Å². The summed E-state index contributed by atoms with van der Waals surface area (Å²) in [7, 11) is 0. The predicted octanol–water partition coefficient (Wildman–Crippen LogP) is 7.64. The first-order valence-electron chi connectivity index (χ1n) is 10.9. The molecule has 2 N–H and O–H groups in total. The SMILES string of the molecule is CCOc1ccc(Nc2cc(Nc3ccc(OCC)cc3)cc(-c3ccccc3)c2)cc1. The van der Waals surface area contributed by atoms with Crippen LogP contribution in [0, 0.1) is 0 Å². The number of nitrogens with one attached hydrogen (secondary N) is 2. The summed E-state index contributed by atoms with van der Waals surface area (Å²) in [5, 5.41) is 7.04. The number of hydrogen-bond acceptors (Lipinski definition) is 4. The molecule has 0 radical (unpaired) electrons. The summed E-state index contributed by atoms with van der Waals surface area (Å²) >= 11 is 0. The number of ether oxygens (including phenoxy) is 2. The molecule has 0 saturated heterocycles. The zero-order valence-corrected chi connectivity index (χ0v) is 18.5. The van der Waals surface area contributed by atoms with Gasteiger partial charge in [-0.3, -0.25) is 0 Å². The Kier molecular flexibility index (Phi) is 6.93. The van der Waals surface area contributed by atoms with Crippen molar-refractivity contribution < 1.29 is 9.47 Å². The van der Waals surface area contributed by atoms with Crippen molar-refractivity contribution in [3.63, 3.8) is 0 Å². The molecule has 0 bridgehead atoms. The number of rotatable bonds is 9. The summed E-state index contributed by atoms with van der Waals surface area (Å²) in [4.78, 5) is 0. The molecule has 0 fully saturated rings. The van der Waals surface area contributed by atoms with Crippen LogP contribution in [0.25, 0.3) is 11.1 Å². The van der Waals surface area contributed by atoms with Crippen LogP contribution in [0.3, 0.4) is 0 Å². The van der Waals surface area contributed by atoms with E-state index < -0.39 is 0 Å². The van der Waals surface area contributed by atoms with E-state index in [0.717, 1.165) is 45.4 Å². The van der Waals surface area contributed by atoms with Crippen molar-refractivity contribution in [2.75, 3.05) is 23.8 Å². The highest BCUT2D eigenvalue weighted by Crippen LogP contribution is 2.31. The average Bonchev–Trinajstić information content (AvgIpc) is 2.82. The van der Waals surface area contributed by atoms with Gasteiger partial charge in [-0.1, -0.05) is 30.3 Å². The van der Waals surface area contributed by atoms with Crippen molar-refractivity contribution in [3.8, 4) is 22.6 Å². The molecule has 0 aliphatic rings. The summed E-state index contributed by atoms with van der Waals surface area (Å²) < 4.78 is 11.1. The molecule has 162 valence electrons. The lowest BCUT2D eigenvalue weighted by atomic mass is 10.0. The quantitative estimate of drug-likeness (QED) is 0.290. The summed E-state index contributed by atoms with van der Waals surface area (Å²) in [6.45, 7) is 5.29. The topological polar surface area (TPSA) is 42.5 Å². The Labute approximate surface area is 189 Å². The number of benzene rings is 4. The molecule has 0 amide bonds. The van der Waals surface area contributed by atoms with E-state index in [-0.39, 0.29) is 0 Å². The molecule has 4 nitrogen and oxygen atoms in total. The van der Waals surface area contributed by atoms with Crippen LogP contribution in [0.2, 0.25) is 0 Å². The summed E-state index contributed by atoms with van der Waals surface area (Å²) in [6.07, 6.45) is 0. The van der Waals surface area contributed by atoms with Gasteiger partial charge >= 0.3 is 0 Å². The molecule has 32 heavy (non-hydrogen) atoms. The lowest BCUT2D eigenvalue weighted by molar-refractivity contribution is 0.340. The summed E-state index contributed by atoms with van der Waals surface area (Å²) in [5.74, 6) is 1.74. The van der Waals surface area contributed by atoms with Gasteiger partial charge in [0.15, 0.2) is 0 Å². The van der Waals surface area contributed by atoms with Crippen LogP contribution in [-0.2, 0) is 0 Å². The van der Waals surface area contributed by atoms with E-state index in [2.05, 4.69) is 53.1 Å². The molecule has 0 unspecified atom stereocenters. The zero-order valence-electron chi connectivity index (χ0n) is 18.5. The van der Waals surface area contributed by atoms with Gasteiger partial charge in [-0.05, 0) is 91.7 Å². The van der Waals surface area contributed by atoms with Gasteiger partial charge in [-0.25, -0.2) is 0 Å². The first-order valence-corrected chi connectivity index (χ1v) is 10.9. The van der Waals surface area contributed by atoms with Crippen LogP contribution in [0.4, 0.5) is 22.7 Å². The lowest BCUT2D eigenvalue weighted by Crippen LogP contribution is -1.96. The highest BCUT2D eigenvalue weighted by atomic mass is 16.5. The minimum atomic E-state index is 0.659. The van der Waals surface area contributed by atoms with Gasteiger partial charge in [0, 0.05) is 22.7 Å². The fourth-order valence-corrected chi connectivity index (χ4v) is 3.50. The van der Waals surface area contributed by atoms with Crippen molar-refractivity contribution in [1.29, 1.82) is 0 Å². The van der Waals surface area contributed by atoms with E-state index in [1.165, 1.54) is 0 Å². The van der Waals surface area contributed by atoms with Gasteiger partial charge < -0.3 is 20.1 Å². The fourth-order valence-electron chi connectivity index (χ4n) is 3.50. The minimum absolute atomic E-state index is 0.659. The van der Waals surface area contributed by atoms with Crippen molar-refractivity contribution in [1.82, 2.24) is 0 Å². The highest BCUT2D eigenvalue weighted by molar-refractivity contribution is 5.78. The van der Waals surface area contributed by atoms with Crippen LogP contribution in [0.5, 0.6) is 11.5 Å². The van der Waals surface area contributed by atoms with Gasteiger partial charge in [-0.15, -0.1) is 0 Å². The Balaban J connectivity index is 1.62. The van der Waals surface area contributed by atoms with E-state index >= 15 is 0 Å². The average molecular weight is 425 g/mol. The third kappa shape index (κ3) is 5.61. The first-order chi connectivity index (χ1) is 15.7. The largest absolute Gasteiger partial charge is 0.494 e. The molecule has 4 heteroatoms. The Morgan fingerprint density at radius 2 is 0.969 bits per heavy atom. The predicted molar refractivity (Wildman–Crippen MR) is 134 cm³/mol. The van der Waals surface area contributed by atoms with Crippen molar-refractivity contribution in [3.05, 3.63) is 97.1 Å². The molecule has 4 rings (SSSR count). The third-order valence-corrected chi connectivity index (χ3v) is 4.95. The molecule has 0 aliphatic heterocycles. The Morgan fingerprint density at radius 3 is 1.41 bits per heavy atom. The monoisotopic (exact) mass is 424 g/mol. The summed E-state index contributed by atoms with van der Waals surface area (Å²) in [6, 6.07) is 32.8. The maximum Gasteiger partial charge on any atom is 0.119 e. The fraction of sp³-hybridized carbons (Fsp3) is 0.143. The third-order valence-electron chi connectivity index (χ3n) is 4.95. The molecule has 0 aliphatic carbocycles. The van der Waals surface area contributed by atoms with Crippen molar-refractivity contribution in [2.24, 2.45) is 0 Å². The van der Waals surface area contributed by atoms with Gasteiger partial charge in [0.2, 0.25) is 0 Å². The van der Waals surface area contributed by atoms with Crippen LogP contribution in [0.15, 0.2) is 97.1 Å². The normalized spacial score (nSPS) is 10.4. The minimum Gasteiger partial charge on any atom is -0.494 e. The van der Waals surface area contributed by atoms with Crippen molar-refractivity contribution >= 4 is 22.7 Å². The van der Waals surface area contributed by atoms with Gasteiger partial charge in [0.25, 0.3) is 0 Å². The van der Waals surface area contributed by atoms with Gasteiger partial charge in [0.05, 0.1) is 13.2 Å². The van der Waals surface area contributed by atoms with Crippen LogP contribution in [-0.4, -0.2) is 13.2 Å². The maximum absolute atomic E-state index is 5.55. The molecule has 0 spiro atoms. The second-order valence-corrected chi connectivity index (χ2v) is 7.33. The molecule has 0 atom stereocenters. The molecular weight excluding hydrogens is 396 g/mol. The highest BCUT2D eigenvalue weighted by Gasteiger charge is 2.06. The summed E-state index contributed by atoms with van der Waals surface area (Å²) in [5.41, 5.74) is 6.32. The molecule has 0 heterocycles. The first kappa shape index (κ1) is 21.3. The molecule has 0 aromatic heterocycles. The second-order valence-electron chi connectivity index (χ2n) is 7.33. The van der Waals surface area contributed by atoms with Gasteiger partial charge in [0.1, 0.15) is 11.5 Å². The maximum atomic E-state index is 5.55. The van der Waals surface area contributed by atoms with E-state index in [4.69, 9.17) is 9.47 Å². The second kappa shape index (κ2) is 10.4.